The van der Waals surface area contributed by atoms with E-state index in [-0.39, 0.29) is 5.69 Å². The number of carbonyl (C=O) groups is 1. The summed E-state index contributed by atoms with van der Waals surface area (Å²) in [6, 6.07) is 6.57. The van der Waals surface area contributed by atoms with Gasteiger partial charge in [-0.2, -0.15) is 5.10 Å². The summed E-state index contributed by atoms with van der Waals surface area (Å²) in [6.45, 7) is 0. The number of benzene rings is 1. The molecular weight excluding hydrogens is 236 g/mol. The number of nitrogens with one attached hydrogen (secondary N) is 1. The number of hydrogen-bond acceptors (Lipinski definition) is 5. The van der Waals surface area contributed by atoms with Crippen molar-refractivity contribution in [3.8, 4) is 22.8 Å². The molecule has 0 atom stereocenters. The van der Waals surface area contributed by atoms with Crippen LogP contribution in [-0.2, 0) is 0 Å². The highest BCUT2D eigenvalue weighted by Crippen LogP contribution is 2.32. The Morgan fingerprint density at radius 2 is 2.06 bits per heavy atom. The van der Waals surface area contributed by atoms with E-state index in [9.17, 15) is 9.90 Å². The second-order valence-corrected chi connectivity index (χ2v) is 3.52. The first kappa shape index (κ1) is 12.0. The third-order valence-electron chi connectivity index (χ3n) is 2.48. The number of carbonyl (C=O) groups excluding carboxylic acids is 1. The minimum Gasteiger partial charge on any atom is -0.543 e. The largest absolute Gasteiger partial charge is 0.543 e. The van der Waals surface area contributed by atoms with Crippen molar-refractivity contribution in [3.63, 3.8) is 0 Å². The molecule has 0 fully saturated rings. The van der Waals surface area contributed by atoms with E-state index in [1.54, 1.807) is 25.3 Å². The van der Waals surface area contributed by atoms with Gasteiger partial charge in [-0.05, 0) is 24.3 Å². The molecule has 0 saturated heterocycles. The van der Waals surface area contributed by atoms with Gasteiger partial charge in [0.2, 0.25) is 0 Å². The van der Waals surface area contributed by atoms with Crippen LogP contribution < -0.4 is 14.6 Å². The lowest BCUT2D eigenvalue weighted by Crippen LogP contribution is -2.22. The molecule has 0 amide bonds. The van der Waals surface area contributed by atoms with E-state index in [1.165, 1.54) is 13.2 Å². The first-order valence-corrected chi connectivity index (χ1v) is 5.15. The maximum absolute atomic E-state index is 10.7. The van der Waals surface area contributed by atoms with E-state index in [1.807, 2.05) is 0 Å². The van der Waals surface area contributed by atoms with E-state index in [0.717, 1.165) is 0 Å². The number of carboxylic acid groups (broad SMARTS) is 1. The molecule has 2 aromatic rings. The van der Waals surface area contributed by atoms with Gasteiger partial charge in [-0.1, -0.05) is 0 Å². The summed E-state index contributed by atoms with van der Waals surface area (Å²) in [6.07, 6.45) is 0. The van der Waals surface area contributed by atoms with E-state index >= 15 is 0 Å². The fourth-order valence-electron chi connectivity index (χ4n) is 1.58. The second kappa shape index (κ2) is 4.79. The Morgan fingerprint density at radius 3 is 2.61 bits per heavy atom. The molecule has 6 heteroatoms. The molecule has 2 rings (SSSR count). The number of ether oxygens (including phenoxy) is 2. The number of carboxylic acids is 1. The van der Waals surface area contributed by atoms with Crippen LogP contribution in [0.2, 0.25) is 0 Å². The Balaban J connectivity index is 2.50. The van der Waals surface area contributed by atoms with Gasteiger partial charge in [0.15, 0.2) is 0 Å². The summed E-state index contributed by atoms with van der Waals surface area (Å²) in [5.74, 6) is -0.105. The number of methoxy groups -OCH3 is 2. The molecule has 0 aliphatic rings. The molecule has 1 aromatic carbocycles. The van der Waals surface area contributed by atoms with Crippen molar-refractivity contribution in [2.24, 2.45) is 0 Å². The van der Waals surface area contributed by atoms with E-state index in [4.69, 9.17) is 9.47 Å². The summed E-state index contributed by atoms with van der Waals surface area (Å²) in [5.41, 5.74) is 1.00. The Hall–Kier alpha value is -2.50. The number of H-pyrrole nitrogens is 1. The molecule has 0 aliphatic heterocycles. The summed E-state index contributed by atoms with van der Waals surface area (Å²) in [7, 11) is 3.07. The molecule has 0 radical (unpaired) electrons. The van der Waals surface area contributed by atoms with Gasteiger partial charge in [0.1, 0.15) is 11.5 Å². The van der Waals surface area contributed by atoms with Crippen LogP contribution >= 0.6 is 0 Å². The average molecular weight is 247 g/mol. The number of aromatic nitrogens is 2. The van der Waals surface area contributed by atoms with Crippen molar-refractivity contribution in [3.05, 3.63) is 30.0 Å². The molecule has 1 aromatic heterocycles. The monoisotopic (exact) mass is 247 g/mol. The van der Waals surface area contributed by atoms with Gasteiger partial charge in [-0.3, -0.25) is 5.10 Å². The lowest BCUT2D eigenvalue weighted by atomic mass is 10.1. The zero-order valence-electron chi connectivity index (χ0n) is 9.89. The van der Waals surface area contributed by atoms with Crippen LogP contribution in [0.5, 0.6) is 11.5 Å². The summed E-state index contributed by atoms with van der Waals surface area (Å²) < 4.78 is 10.3. The van der Waals surface area contributed by atoms with Crippen LogP contribution in [0.25, 0.3) is 11.3 Å². The van der Waals surface area contributed by atoms with Crippen molar-refractivity contribution in [2.75, 3.05) is 14.2 Å². The van der Waals surface area contributed by atoms with Crippen LogP contribution in [0.1, 0.15) is 10.5 Å². The van der Waals surface area contributed by atoms with Crippen molar-refractivity contribution in [2.45, 2.75) is 0 Å². The van der Waals surface area contributed by atoms with Gasteiger partial charge in [0, 0.05) is 5.56 Å². The van der Waals surface area contributed by atoms with Crippen molar-refractivity contribution in [1.82, 2.24) is 10.2 Å². The van der Waals surface area contributed by atoms with Gasteiger partial charge < -0.3 is 19.4 Å². The standard InChI is InChI=1S/C12H12N2O4/c1-17-7-3-4-11(18-2)8(5-7)9-6-10(12(15)16)14-13-9/h3-6H,1-2H3,(H,13,14)(H,15,16)/p-1. The molecule has 0 saturated carbocycles. The molecule has 1 N–H and O–H groups in total. The Morgan fingerprint density at radius 1 is 1.28 bits per heavy atom. The first-order chi connectivity index (χ1) is 8.65. The number of rotatable bonds is 4. The fraction of sp³-hybridized carbons (Fsp3) is 0.167. The van der Waals surface area contributed by atoms with Gasteiger partial charge in [-0.25, -0.2) is 0 Å². The molecule has 94 valence electrons. The van der Waals surface area contributed by atoms with Crippen LogP contribution in [-0.4, -0.2) is 30.4 Å². The van der Waals surface area contributed by atoms with Crippen LogP contribution in [0, 0.1) is 0 Å². The van der Waals surface area contributed by atoms with Crippen LogP contribution in [0.3, 0.4) is 0 Å². The van der Waals surface area contributed by atoms with E-state index in [0.29, 0.717) is 22.8 Å². The van der Waals surface area contributed by atoms with Gasteiger partial charge in [0.05, 0.1) is 31.6 Å². The van der Waals surface area contributed by atoms with Gasteiger partial charge in [-0.15, -0.1) is 0 Å². The molecule has 6 nitrogen and oxygen atoms in total. The highest BCUT2D eigenvalue weighted by molar-refractivity contribution is 5.85. The zero-order chi connectivity index (χ0) is 13.1. The maximum Gasteiger partial charge on any atom is 0.128 e. The summed E-state index contributed by atoms with van der Waals surface area (Å²) in [5, 5.41) is 17.0. The Labute approximate surface area is 103 Å². The SMILES string of the molecule is COc1ccc(OC)c(-c2cc(C(=O)[O-])[nH]n2)c1. The lowest BCUT2D eigenvalue weighted by Gasteiger charge is -2.08. The average Bonchev–Trinajstić information content (AvgIpc) is 2.87. The number of nitrogens with zero attached hydrogens (tertiary/aromatic N) is 1. The van der Waals surface area contributed by atoms with Crippen molar-refractivity contribution < 1.29 is 19.4 Å². The molecular formula is C12H11N2O4-. The van der Waals surface area contributed by atoms with Gasteiger partial charge >= 0.3 is 0 Å². The minimum absolute atomic E-state index is 0.0881. The van der Waals surface area contributed by atoms with E-state index in [2.05, 4.69) is 10.2 Å². The summed E-state index contributed by atoms with van der Waals surface area (Å²) in [4.78, 5) is 10.7. The zero-order valence-corrected chi connectivity index (χ0v) is 9.89. The number of hydrogen-bond donors (Lipinski definition) is 1. The van der Waals surface area contributed by atoms with Crippen LogP contribution in [0.4, 0.5) is 0 Å². The molecule has 0 spiro atoms. The van der Waals surface area contributed by atoms with Gasteiger partial charge in [0.25, 0.3) is 0 Å². The molecule has 18 heavy (non-hydrogen) atoms. The first-order valence-electron chi connectivity index (χ1n) is 5.15. The van der Waals surface area contributed by atoms with Crippen molar-refractivity contribution in [1.29, 1.82) is 0 Å². The highest BCUT2D eigenvalue weighted by Gasteiger charge is 2.11. The maximum atomic E-state index is 10.7. The van der Waals surface area contributed by atoms with E-state index < -0.39 is 5.97 Å². The fourth-order valence-corrected chi connectivity index (χ4v) is 1.58. The predicted molar refractivity (Wildman–Crippen MR) is 61.5 cm³/mol. The molecule has 0 aliphatic carbocycles. The lowest BCUT2D eigenvalue weighted by molar-refractivity contribution is -0.255. The topological polar surface area (TPSA) is 87.3 Å². The second-order valence-electron chi connectivity index (χ2n) is 3.52. The quantitative estimate of drug-likeness (QED) is 0.847. The smallest absolute Gasteiger partial charge is 0.128 e. The Kier molecular flexibility index (Phi) is 3.18. The minimum atomic E-state index is -1.31. The van der Waals surface area contributed by atoms with Crippen LogP contribution in [0.15, 0.2) is 24.3 Å². The number of aromatic amines is 1. The molecule has 0 bridgehead atoms. The predicted octanol–water partition coefficient (Wildman–Crippen LogP) is 0.457. The Bertz CT molecular complexity index is 577. The number of aromatic carboxylic acids is 1. The third-order valence-corrected chi connectivity index (χ3v) is 2.48. The summed E-state index contributed by atoms with van der Waals surface area (Å²) >= 11 is 0. The highest BCUT2D eigenvalue weighted by atomic mass is 16.5. The van der Waals surface area contributed by atoms with Crippen molar-refractivity contribution >= 4 is 5.97 Å². The molecule has 0 unspecified atom stereocenters. The molecule has 1 heterocycles. The third kappa shape index (κ3) is 2.13. The normalized spacial score (nSPS) is 10.1.